The Labute approximate surface area is 132 Å². The van der Waals surface area contributed by atoms with Gasteiger partial charge in [0.2, 0.25) is 0 Å². The second-order valence-electron chi connectivity index (χ2n) is 5.91. The lowest BCUT2D eigenvalue weighted by atomic mass is 9.87. The summed E-state index contributed by atoms with van der Waals surface area (Å²) in [6.07, 6.45) is 0.893. The van der Waals surface area contributed by atoms with Gasteiger partial charge in [-0.1, -0.05) is 50.2 Å². The average Bonchev–Trinajstić information content (AvgIpc) is 2.53. The van der Waals surface area contributed by atoms with Gasteiger partial charge in [-0.05, 0) is 36.2 Å². The predicted molar refractivity (Wildman–Crippen MR) is 90.1 cm³/mol. The van der Waals surface area contributed by atoms with E-state index in [4.69, 9.17) is 0 Å². The van der Waals surface area contributed by atoms with Crippen molar-refractivity contribution in [1.82, 2.24) is 5.32 Å². The van der Waals surface area contributed by atoms with Crippen molar-refractivity contribution in [2.75, 3.05) is 6.54 Å². The van der Waals surface area contributed by atoms with E-state index in [1.54, 1.807) is 12.1 Å². The molecule has 0 aliphatic heterocycles. The summed E-state index contributed by atoms with van der Waals surface area (Å²) in [6, 6.07) is 16.0. The van der Waals surface area contributed by atoms with Crippen LogP contribution in [0.1, 0.15) is 42.9 Å². The normalized spacial score (nSPS) is 12.5. The molecule has 2 aromatic carbocycles. The summed E-state index contributed by atoms with van der Waals surface area (Å²) in [4.78, 5) is 0. The average molecular weight is 299 g/mol. The van der Waals surface area contributed by atoms with Crippen molar-refractivity contribution in [3.05, 3.63) is 65.2 Å². The standard InChI is InChI=1S/C19H25NO2/c1-14(2)20-11-10-17(16-6-4-3-5-7-16)18-12-15(13-21)8-9-19(18)22/h3-9,12,14,17,20-22H,10-11,13H2,1-2H3/t17-/m0/s1. The maximum Gasteiger partial charge on any atom is 0.119 e. The van der Waals surface area contributed by atoms with Crippen LogP contribution in [-0.4, -0.2) is 22.8 Å². The van der Waals surface area contributed by atoms with Crippen molar-refractivity contribution in [3.63, 3.8) is 0 Å². The minimum atomic E-state index is -0.0148. The van der Waals surface area contributed by atoms with Crippen LogP contribution in [0, 0.1) is 0 Å². The summed E-state index contributed by atoms with van der Waals surface area (Å²) in [6.45, 7) is 5.11. The topological polar surface area (TPSA) is 52.5 Å². The van der Waals surface area contributed by atoms with Gasteiger partial charge in [0.05, 0.1) is 6.61 Å². The lowest BCUT2D eigenvalue weighted by molar-refractivity contribution is 0.281. The highest BCUT2D eigenvalue weighted by molar-refractivity contribution is 5.43. The van der Waals surface area contributed by atoms with E-state index in [0.29, 0.717) is 6.04 Å². The maximum absolute atomic E-state index is 10.3. The Balaban J connectivity index is 2.31. The fourth-order valence-corrected chi connectivity index (χ4v) is 2.68. The first kappa shape index (κ1) is 16.5. The molecule has 0 aliphatic rings. The van der Waals surface area contributed by atoms with E-state index >= 15 is 0 Å². The summed E-state index contributed by atoms with van der Waals surface area (Å²) in [5, 5.41) is 23.1. The SMILES string of the molecule is CC(C)NCC[C@@H](c1ccccc1)c1cc(CO)ccc1O. The highest BCUT2D eigenvalue weighted by atomic mass is 16.3. The second kappa shape index (κ2) is 7.97. The molecule has 0 saturated heterocycles. The third-order valence-corrected chi connectivity index (χ3v) is 3.84. The molecule has 118 valence electrons. The van der Waals surface area contributed by atoms with Crippen LogP contribution in [-0.2, 0) is 6.61 Å². The first-order valence-electron chi connectivity index (χ1n) is 7.82. The zero-order chi connectivity index (χ0) is 15.9. The fraction of sp³-hybridized carbons (Fsp3) is 0.368. The number of aliphatic hydroxyl groups is 1. The molecule has 0 aromatic heterocycles. The van der Waals surface area contributed by atoms with Gasteiger partial charge in [0.25, 0.3) is 0 Å². The molecule has 0 saturated carbocycles. The molecule has 0 bridgehead atoms. The number of hydrogen-bond donors (Lipinski definition) is 3. The third kappa shape index (κ3) is 4.33. The van der Waals surface area contributed by atoms with Crippen molar-refractivity contribution in [3.8, 4) is 5.75 Å². The van der Waals surface area contributed by atoms with E-state index in [0.717, 1.165) is 24.1 Å². The van der Waals surface area contributed by atoms with Crippen LogP contribution in [0.5, 0.6) is 5.75 Å². The van der Waals surface area contributed by atoms with Gasteiger partial charge in [-0.25, -0.2) is 0 Å². The maximum atomic E-state index is 10.3. The molecule has 22 heavy (non-hydrogen) atoms. The molecule has 1 atom stereocenters. The number of phenols is 1. The minimum absolute atomic E-state index is 0.0148. The number of aliphatic hydroxyl groups excluding tert-OH is 1. The summed E-state index contributed by atoms with van der Waals surface area (Å²) in [5.74, 6) is 0.398. The van der Waals surface area contributed by atoms with Crippen molar-refractivity contribution in [2.45, 2.75) is 38.8 Å². The molecule has 2 aromatic rings. The van der Waals surface area contributed by atoms with Gasteiger partial charge in [0.15, 0.2) is 0 Å². The Hall–Kier alpha value is -1.84. The van der Waals surface area contributed by atoms with Crippen LogP contribution >= 0.6 is 0 Å². The number of rotatable bonds is 7. The van der Waals surface area contributed by atoms with E-state index in [-0.39, 0.29) is 18.3 Å². The summed E-state index contributed by atoms with van der Waals surface area (Å²) >= 11 is 0. The fourth-order valence-electron chi connectivity index (χ4n) is 2.68. The van der Waals surface area contributed by atoms with E-state index in [1.807, 2.05) is 24.3 Å². The Morgan fingerprint density at radius 2 is 1.77 bits per heavy atom. The smallest absolute Gasteiger partial charge is 0.119 e. The Kier molecular flexibility index (Phi) is 5.99. The number of phenolic OH excluding ortho intramolecular Hbond substituents is 1. The summed E-state index contributed by atoms with van der Waals surface area (Å²) in [5.41, 5.74) is 2.88. The van der Waals surface area contributed by atoms with Gasteiger partial charge < -0.3 is 15.5 Å². The van der Waals surface area contributed by atoms with Crippen molar-refractivity contribution < 1.29 is 10.2 Å². The zero-order valence-corrected chi connectivity index (χ0v) is 13.3. The van der Waals surface area contributed by atoms with E-state index in [1.165, 1.54) is 5.56 Å². The first-order chi connectivity index (χ1) is 10.6. The van der Waals surface area contributed by atoms with Gasteiger partial charge in [0, 0.05) is 17.5 Å². The number of aromatic hydroxyl groups is 1. The molecule has 0 spiro atoms. The number of benzene rings is 2. The molecule has 0 aliphatic carbocycles. The van der Waals surface area contributed by atoms with Crippen LogP contribution < -0.4 is 5.32 Å². The number of hydrogen-bond acceptors (Lipinski definition) is 3. The summed E-state index contributed by atoms with van der Waals surface area (Å²) < 4.78 is 0. The molecular formula is C19H25NO2. The molecule has 3 N–H and O–H groups in total. The molecule has 0 heterocycles. The quantitative estimate of drug-likeness (QED) is 0.734. The lowest BCUT2D eigenvalue weighted by Crippen LogP contribution is -2.25. The monoisotopic (exact) mass is 299 g/mol. The van der Waals surface area contributed by atoms with Crippen molar-refractivity contribution in [1.29, 1.82) is 0 Å². The lowest BCUT2D eigenvalue weighted by Gasteiger charge is -2.21. The van der Waals surface area contributed by atoms with Crippen molar-refractivity contribution >= 4 is 0 Å². The Bertz CT molecular complexity index is 581. The predicted octanol–water partition coefficient (Wildman–Crippen LogP) is 3.40. The summed E-state index contributed by atoms with van der Waals surface area (Å²) in [7, 11) is 0. The molecule has 0 unspecified atom stereocenters. The van der Waals surface area contributed by atoms with Crippen LogP contribution in [0.25, 0.3) is 0 Å². The molecule has 0 amide bonds. The van der Waals surface area contributed by atoms with E-state index in [9.17, 15) is 10.2 Å². The Morgan fingerprint density at radius 1 is 1.05 bits per heavy atom. The molecule has 3 heteroatoms. The number of nitrogens with one attached hydrogen (secondary N) is 1. The van der Waals surface area contributed by atoms with Crippen LogP contribution in [0.2, 0.25) is 0 Å². The van der Waals surface area contributed by atoms with Crippen LogP contribution in [0.4, 0.5) is 0 Å². The van der Waals surface area contributed by atoms with Gasteiger partial charge in [0.1, 0.15) is 5.75 Å². The second-order valence-corrected chi connectivity index (χ2v) is 5.91. The molecule has 0 radical (unpaired) electrons. The van der Waals surface area contributed by atoms with Gasteiger partial charge >= 0.3 is 0 Å². The van der Waals surface area contributed by atoms with E-state index in [2.05, 4.69) is 31.3 Å². The zero-order valence-electron chi connectivity index (χ0n) is 13.3. The van der Waals surface area contributed by atoms with Gasteiger partial charge in [-0.2, -0.15) is 0 Å². The highest BCUT2D eigenvalue weighted by Crippen LogP contribution is 2.34. The molecule has 0 fully saturated rings. The largest absolute Gasteiger partial charge is 0.508 e. The molecular weight excluding hydrogens is 274 g/mol. The van der Waals surface area contributed by atoms with Crippen LogP contribution in [0.3, 0.4) is 0 Å². The first-order valence-corrected chi connectivity index (χ1v) is 7.82. The van der Waals surface area contributed by atoms with Crippen LogP contribution in [0.15, 0.2) is 48.5 Å². The Morgan fingerprint density at radius 3 is 2.41 bits per heavy atom. The molecule has 3 nitrogen and oxygen atoms in total. The van der Waals surface area contributed by atoms with Gasteiger partial charge in [-0.3, -0.25) is 0 Å². The third-order valence-electron chi connectivity index (χ3n) is 3.84. The highest BCUT2D eigenvalue weighted by Gasteiger charge is 2.18. The van der Waals surface area contributed by atoms with E-state index < -0.39 is 0 Å². The minimum Gasteiger partial charge on any atom is -0.508 e. The molecule has 2 rings (SSSR count). The van der Waals surface area contributed by atoms with Crippen molar-refractivity contribution in [2.24, 2.45) is 0 Å². The van der Waals surface area contributed by atoms with Gasteiger partial charge in [-0.15, -0.1) is 0 Å².